The lowest BCUT2D eigenvalue weighted by Crippen LogP contribution is -2.60. The van der Waals surface area contributed by atoms with E-state index in [9.17, 15) is 28.5 Å². The van der Waals surface area contributed by atoms with Gasteiger partial charge in [-0.3, -0.25) is 9.35 Å². The molecule has 0 radical (unpaired) electrons. The summed E-state index contributed by atoms with van der Waals surface area (Å²) >= 11 is 0. The third-order valence-electron chi connectivity index (χ3n) is 10.5. The van der Waals surface area contributed by atoms with Crippen molar-refractivity contribution in [1.29, 1.82) is 0 Å². The van der Waals surface area contributed by atoms with Crippen molar-refractivity contribution < 1.29 is 56.2 Å². The molecule has 0 amide bonds. The topological polar surface area (TPSA) is 178 Å². The van der Waals surface area contributed by atoms with Gasteiger partial charge in [-0.1, -0.05) is 153 Å². The van der Waals surface area contributed by atoms with E-state index in [2.05, 4.69) is 54.5 Å². The molecule has 1 rings (SSSR count). The number of ether oxygens (including phenoxy) is 4. The quantitative estimate of drug-likeness (QED) is 0.0199. The average molecular weight is 861 g/mol. The zero-order valence-electron chi connectivity index (χ0n) is 36.8. The summed E-state index contributed by atoms with van der Waals surface area (Å²) < 4.78 is 59.1. The molecule has 6 atom stereocenters. The Morgan fingerprint density at radius 3 is 1.68 bits per heavy atom. The standard InChI is InChI=1S/C46H84O12S/c1-3-5-7-9-11-13-15-17-19-20-21-23-25-27-29-31-33-35-42(48)56-40(39-55-46-44(50)45(58-59(51,52)53)43(49)41(37-47)57-46)38-54-36-34-32-30-28-26-24-22-18-16-14-12-10-8-6-4-2/h10,12,16-19,40-41,43-47,49-50H,3-9,11,13-15,20-39H2,1-2H3,(H,51,52,53)/b12-10-,18-16-,19-17-. The highest BCUT2D eigenvalue weighted by atomic mass is 32.3. The SMILES string of the molecule is CCCC/C=C\C/C=C\CCCCCCCCOCC(COC1OC(CO)C(O)C(OS(=O)(=O)O)C1O)OC(=O)CCCCCCCCC/C=C\CCCCCCCC. The predicted molar refractivity (Wildman–Crippen MR) is 234 cm³/mol. The first-order chi connectivity index (χ1) is 28.6. The van der Waals surface area contributed by atoms with Crippen LogP contribution in [0.5, 0.6) is 0 Å². The van der Waals surface area contributed by atoms with Gasteiger partial charge in [0, 0.05) is 13.0 Å². The second-order valence-corrected chi connectivity index (χ2v) is 17.0. The second-order valence-electron chi connectivity index (χ2n) is 16.0. The molecule has 1 aliphatic rings. The third kappa shape index (κ3) is 31.8. The highest BCUT2D eigenvalue weighted by Crippen LogP contribution is 2.26. The Kier molecular flexibility index (Phi) is 35.7. The molecule has 59 heavy (non-hydrogen) atoms. The van der Waals surface area contributed by atoms with E-state index in [1.54, 1.807) is 0 Å². The van der Waals surface area contributed by atoms with Crippen molar-refractivity contribution in [2.75, 3.05) is 26.4 Å². The van der Waals surface area contributed by atoms with Crippen LogP contribution in [0.3, 0.4) is 0 Å². The van der Waals surface area contributed by atoms with Crippen LogP contribution >= 0.6 is 0 Å². The van der Waals surface area contributed by atoms with E-state index in [0.29, 0.717) is 13.0 Å². The number of allylic oxidation sites excluding steroid dienone is 6. The van der Waals surface area contributed by atoms with Gasteiger partial charge in [0.05, 0.1) is 19.8 Å². The van der Waals surface area contributed by atoms with Gasteiger partial charge in [0.1, 0.15) is 30.5 Å². The Labute approximate surface area is 358 Å². The van der Waals surface area contributed by atoms with Crippen LogP contribution in [0.4, 0.5) is 0 Å². The number of aliphatic hydroxyl groups is 3. The average Bonchev–Trinajstić information content (AvgIpc) is 3.20. The normalized spacial score (nSPS) is 20.7. The molecule has 0 aromatic carbocycles. The van der Waals surface area contributed by atoms with E-state index in [4.69, 9.17) is 23.5 Å². The molecular formula is C46H84O12S. The first kappa shape index (κ1) is 55.3. The van der Waals surface area contributed by atoms with Crippen LogP contribution in [0, 0.1) is 0 Å². The molecule has 13 heteroatoms. The monoisotopic (exact) mass is 861 g/mol. The van der Waals surface area contributed by atoms with Gasteiger partial charge in [-0.15, -0.1) is 0 Å². The van der Waals surface area contributed by atoms with Crippen molar-refractivity contribution in [3.8, 4) is 0 Å². The lowest BCUT2D eigenvalue weighted by atomic mass is 9.99. The molecule has 0 aromatic heterocycles. The van der Waals surface area contributed by atoms with Crippen molar-refractivity contribution in [3.05, 3.63) is 36.5 Å². The lowest BCUT2D eigenvalue weighted by molar-refractivity contribution is -0.301. The number of rotatable bonds is 40. The van der Waals surface area contributed by atoms with Crippen molar-refractivity contribution in [2.24, 2.45) is 0 Å². The summed E-state index contributed by atoms with van der Waals surface area (Å²) in [6.07, 6.45) is 34.6. The maximum atomic E-state index is 12.9. The number of aliphatic hydroxyl groups excluding tert-OH is 3. The molecule has 1 fully saturated rings. The summed E-state index contributed by atoms with van der Waals surface area (Å²) in [5.41, 5.74) is 0. The Balaban J connectivity index is 2.43. The predicted octanol–water partition coefficient (Wildman–Crippen LogP) is 9.80. The Hall–Kier alpha value is -1.68. The van der Waals surface area contributed by atoms with E-state index < -0.39 is 59.8 Å². The van der Waals surface area contributed by atoms with Gasteiger partial charge in [-0.2, -0.15) is 8.42 Å². The molecule has 0 aliphatic carbocycles. The van der Waals surface area contributed by atoms with Gasteiger partial charge in [0.15, 0.2) is 6.29 Å². The summed E-state index contributed by atoms with van der Waals surface area (Å²) in [5, 5.41) is 30.7. The fourth-order valence-corrected chi connectivity index (χ4v) is 7.43. The number of hydrogen-bond donors (Lipinski definition) is 4. The van der Waals surface area contributed by atoms with Crippen LogP contribution in [-0.2, 0) is 38.3 Å². The van der Waals surface area contributed by atoms with Crippen LogP contribution in [0.2, 0.25) is 0 Å². The molecule has 0 spiro atoms. The van der Waals surface area contributed by atoms with Crippen LogP contribution in [0.1, 0.15) is 187 Å². The first-order valence-electron chi connectivity index (χ1n) is 23.2. The fraction of sp³-hybridized carbons (Fsp3) is 0.848. The van der Waals surface area contributed by atoms with Gasteiger partial charge in [0.25, 0.3) is 0 Å². The van der Waals surface area contributed by atoms with E-state index in [-0.39, 0.29) is 19.6 Å². The maximum Gasteiger partial charge on any atom is 0.397 e. The Morgan fingerprint density at radius 1 is 0.644 bits per heavy atom. The largest absolute Gasteiger partial charge is 0.457 e. The van der Waals surface area contributed by atoms with Gasteiger partial charge in [-0.25, -0.2) is 4.18 Å². The van der Waals surface area contributed by atoms with Crippen LogP contribution < -0.4 is 0 Å². The molecule has 12 nitrogen and oxygen atoms in total. The van der Waals surface area contributed by atoms with E-state index >= 15 is 0 Å². The van der Waals surface area contributed by atoms with Crippen LogP contribution in [0.15, 0.2) is 36.5 Å². The molecular weight excluding hydrogens is 777 g/mol. The molecule has 1 saturated heterocycles. The lowest BCUT2D eigenvalue weighted by Gasteiger charge is -2.41. The second kappa shape index (κ2) is 38.0. The number of carbonyl (C=O) groups excluding carboxylic acids is 1. The summed E-state index contributed by atoms with van der Waals surface area (Å²) in [5.74, 6) is -0.408. The molecule has 1 heterocycles. The van der Waals surface area contributed by atoms with E-state index in [0.717, 1.165) is 70.6 Å². The molecule has 4 N–H and O–H groups in total. The third-order valence-corrected chi connectivity index (χ3v) is 11.0. The fourth-order valence-electron chi connectivity index (χ4n) is 6.92. The minimum atomic E-state index is -5.06. The highest BCUT2D eigenvalue weighted by molar-refractivity contribution is 7.80. The summed E-state index contributed by atoms with van der Waals surface area (Å²) in [7, 11) is -5.06. The van der Waals surface area contributed by atoms with Gasteiger partial charge < -0.3 is 34.3 Å². The number of unbranched alkanes of at least 4 members (excludes halogenated alkanes) is 21. The minimum absolute atomic E-state index is 0.0277. The number of esters is 1. The molecule has 0 saturated carbocycles. The van der Waals surface area contributed by atoms with Gasteiger partial charge in [-0.05, 0) is 64.2 Å². The zero-order chi connectivity index (χ0) is 43.2. The van der Waals surface area contributed by atoms with Gasteiger partial charge in [0.2, 0.25) is 0 Å². The van der Waals surface area contributed by atoms with Crippen LogP contribution in [-0.4, -0.2) is 97.5 Å². The van der Waals surface area contributed by atoms with Crippen molar-refractivity contribution in [2.45, 2.75) is 224 Å². The first-order valence-corrected chi connectivity index (χ1v) is 24.6. The zero-order valence-corrected chi connectivity index (χ0v) is 37.6. The van der Waals surface area contributed by atoms with Gasteiger partial charge >= 0.3 is 16.4 Å². The van der Waals surface area contributed by atoms with Crippen molar-refractivity contribution in [3.63, 3.8) is 0 Å². The summed E-state index contributed by atoms with van der Waals surface area (Å²) in [4.78, 5) is 12.9. The number of carbonyl (C=O) groups is 1. The van der Waals surface area contributed by atoms with Crippen molar-refractivity contribution in [1.82, 2.24) is 0 Å². The molecule has 6 unspecified atom stereocenters. The highest BCUT2D eigenvalue weighted by Gasteiger charge is 2.48. The molecule has 346 valence electrons. The molecule has 1 aliphatic heterocycles. The molecule has 0 bridgehead atoms. The smallest absolute Gasteiger partial charge is 0.397 e. The summed E-state index contributed by atoms with van der Waals surface area (Å²) in [6, 6.07) is 0. The van der Waals surface area contributed by atoms with Crippen LogP contribution in [0.25, 0.3) is 0 Å². The minimum Gasteiger partial charge on any atom is -0.457 e. The van der Waals surface area contributed by atoms with E-state index in [1.165, 1.54) is 89.9 Å². The van der Waals surface area contributed by atoms with E-state index in [1.807, 2.05) is 0 Å². The molecule has 0 aromatic rings. The Bertz CT molecular complexity index is 1180. The maximum absolute atomic E-state index is 12.9. The number of hydrogen-bond acceptors (Lipinski definition) is 11. The summed E-state index contributed by atoms with van der Waals surface area (Å²) in [6.45, 7) is 3.92. The Morgan fingerprint density at radius 2 is 1.14 bits per heavy atom. The van der Waals surface area contributed by atoms with Crippen molar-refractivity contribution >= 4 is 16.4 Å².